The molecule has 1 heterocycles. The molecule has 0 atom stereocenters. The van der Waals surface area contributed by atoms with E-state index in [0.29, 0.717) is 5.82 Å². The van der Waals surface area contributed by atoms with Crippen LogP contribution in [0.5, 0.6) is 0 Å². The van der Waals surface area contributed by atoms with Crippen molar-refractivity contribution in [2.45, 2.75) is 6.92 Å². The van der Waals surface area contributed by atoms with Gasteiger partial charge in [0.2, 0.25) is 0 Å². The quantitative estimate of drug-likeness (QED) is 0.621. The summed E-state index contributed by atoms with van der Waals surface area (Å²) in [5.74, 6) is 6.87. The zero-order valence-corrected chi connectivity index (χ0v) is 9.88. The summed E-state index contributed by atoms with van der Waals surface area (Å²) in [6.45, 7) is 1.93. The molecule has 1 aromatic carbocycles. The third-order valence-electron chi connectivity index (χ3n) is 2.66. The van der Waals surface area contributed by atoms with E-state index < -0.39 is 0 Å². The normalized spacial score (nSPS) is 10.1. The number of rotatable bonds is 3. The first-order valence-electron chi connectivity index (χ1n) is 5.31. The fourth-order valence-electron chi connectivity index (χ4n) is 1.70. The Balaban J connectivity index is 2.41. The van der Waals surface area contributed by atoms with Gasteiger partial charge in [0.1, 0.15) is 18.0 Å². The lowest BCUT2D eigenvalue weighted by molar-refractivity contribution is 1.04. The molecule has 0 spiro atoms. The first kappa shape index (κ1) is 11.3. The summed E-state index contributed by atoms with van der Waals surface area (Å²) in [4.78, 5) is 10.3. The molecule has 0 bridgehead atoms. The standard InChI is InChI=1S/C12H15N5/c1-9-11(16-13)14-8-15-12(9)17(2)10-6-4-3-5-7-10/h3-8H,13H2,1-2H3,(H,14,15,16). The summed E-state index contributed by atoms with van der Waals surface area (Å²) in [7, 11) is 1.96. The highest BCUT2D eigenvalue weighted by atomic mass is 15.3. The number of hydrazine groups is 1. The summed E-state index contributed by atoms with van der Waals surface area (Å²) in [5.41, 5.74) is 4.55. The molecule has 0 unspecified atom stereocenters. The predicted octanol–water partition coefficient (Wildman–Crippen LogP) is 1.84. The molecule has 17 heavy (non-hydrogen) atoms. The minimum Gasteiger partial charge on any atom is -0.329 e. The number of anilines is 3. The lowest BCUT2D eigenvalue weighted by atomic mass is 10.2. The predicted molar refractivity (Wildman–Crippen MR) is 69.1 cm³/mol. The van der Waals surface area contributed by atoms with Gasteiger partial charge in [-0.2, -0.15) is 0 Å². The third kappa shape index (κ3) is 2.19. The van der Waals surface area contributed by atoms with Crippen molar-refractivity contribution in [2.24, 2.45) is 5.84 Å². The molecule has 0 saturated carbocycles. The highest BCUT2D eigenvalue weighted by Crippen LogP contribution is 2.26. The molecule has 2 rings (SSSR count). The van der Waals surface area contributed by atoms with Gasteiger partial charge in [-0.15, -0.1) is 0 Å². The van der Waals surface area contributed by atoms with Crippen molar-refractivity contribution in [3.05, 3.63) is 42.2 Å². The largest absolute Gasteiger partial charge is 0.329 e. The summed E-state index contributed by atoms with van der Waals surface area (Å²) < 4.78 is 0. The van der Waals surface area contributed by atoms with Crippen LogP contribution in [0, 0.1) is 6.92 Å². The van der Waals surface area contributed by atoms with Crippen LogP contribution in [0.15, 0.2) is 36.7 Å². The molecule has 3 N–H and O–H groups in total. The van der Waals surface area contributed by atoms with Gasteiger partial charge in [-0.05, 0) is 19.1 Å². The highest BCUT2D eigenvalue weighted by molar-refractivity contribution is 5.65. The zero-order valence-electron chi connectivity index (χ0n) is 9.88. The second-order valence-corrected chi connectivity index (χ2v) is 3.71. The fourth-order valence-corrected chi connectivity index (χ4v) is 1.70. The highest BCUT2D eigenvalue weighted by Gasteiger charge is 2.11. The molecule has 0 amide bonds. The Hall–Kier alpha value is -2.14. The topological polar surface area (TPSA) is 67.1 Å². The van der Waals surface area contributed by atoms with Crippen LogP contribution in [0.25, 0.3) is 0 Å². The van der Waals surface area contributed by atoms with E-state index in [1.165, 1.54) is 6.33 Å². The maximum absolute atomic E-state index is 5.40. The van der Waals surface area contributed by atoms with Gasteiger partial charge in [-0.1, -0.05) is 18.2 Å². The maximum Gasteiger partial charge on any atom is 0.148 e. The van der Waals surface area contributed by atoms with Crippen LogP contribution in [-0.2, 0) is 0 Å². The molecule has 0 fully saturated rings. The Bertz CT molecular complexity index is 498. The van der Waals surface area contributed by atoms with Crippen molar-refractivity contribution in [3.8, 4) is 0 Å². The van der Waals surface area contributed by atoms with Gasteiger partial charge in [0, 0.05) is 18.3 Å². The number of aromatic nitrogens is 2. The average Bonchev–Trinajstić information content (AvgIpc) is 2.39. The number of para-hydroxylation sites is 1. The Morgan fingerprint density at radius 2 is 1.88 bits per heavy atom. The van der Waals surface area contributed by atoms with E-state index in [9.17, 15) is 0 Å². The minimum absolute atomic E-state index is 0.637. The van der Waals surface area contributed by atoms with Crippen LogP contribution < -0.4 is 16.2 Å². The van der Waals surface area contributed by atoms with Gasteiger partial charge in [-0.25, -0.2) is 15.8 Å². The van der Waals surface area contributed by atoms with Crippen molar-refractivity contribution in [1.29, 1.82) is 0 Å². The Labute approximate surface area is 100 Å². The molecule has 2 aromatic rings. The van der Waals surface area contributed by atoms with Crippen molar-refractivity contribution >= 4 is 17.3 Å². The van der Waals surface area contributed by atoms with Gasteiger partial charge in [-0.3, -0.25) is 0 Å². The smallest absolute Gasteiger partial charge is 0.148 e. The molecule has 0 radical (unpaired) electrons. The molecule has 0 aliphatic heterocycles. The van der Waals surface area contributed by atoms with Gasteiger partial charge in [0.15, 0.2) is 0 Å². The van der Waals surface area contributed by atoms with Crippen LogP contribution in [0.3, 0.4) is 0 Å². The van der Waals surface area contributed by atoms with Crippen LogP contribution >= 0.6 is 0 Å². The molecular formula is C12H15N5. The molecule has 0 aliphatic carbocycles. The van der Waals surface area contributed by atoms with Gasteiger partial charge >= 0.3 is 0 Å². The summed E-state index contributed by atoms with van der Waals surface area (Å²) in [6, 6.07) is 10.0. The van der Waals surface area contributed by atoms with Crippen molar-refractivity contribution in [1.82, 2.24) is 9.97 Å². The van der Waals surface area contributed by atoms with Crippen LogP contribution in [0.2, 0.25) is 0 Å². The number of hydrogen-bond acceptors (Lipinski definition) is 5. The summed E-state index contributed by atoms with van der Waals surface area (Å²) >= 11 is 0. The third-order valence-corrected chi connectivity index (χ3v) is 2.66. The lowest BCUT2D eigenvalue weighted by Crippen LogP contribution is -2.16. The average molecular weight is 229 g/mol. The number of nitrogens with one attached hydrogen (secondary N) is 1. The Kier molecular flexibility index (Phi) is 3.20. The molecule has 5 nitrogen and oxygen atoms in total. The molecule has 0 saturated heterocycles. The van der Waals surface area contributed by atoms with E-state index in [1.807, 2.05) is 49.2 Å². The minimum atomic E-state index is 0.637. The molecule has 88 valence electrons. The van der Waals surface area contributed by atoms with Crippen molar-refractivity contribution in [2.75, 3.05) is 17.4 Å². The molecule has 0 aliphatic rings. The zero-order chi connectivity index (χ0) is 12.3. The number of benzene rings is 1. The number of nitrogen functional groups attached to an aromatic ring is 1. The Morgan fingerprint density at radius 1 is 1.18 bits per heavy atom. The maximum atomic E-state index is 5.40. The van der Waals surface area contributed by atoms with Crippen molar-refractivity contribution in [3.63, 3.8) is 0 Å². The van der Waals surface area contributed by atoms with E-state index in [1.54, 1.807) is 0 Å². The van der Waals surface area contributed by atoms with E-state index in [-0.39, 0.29) is 0 Å². The fraction of sp³-hybridized carbons (Fsp3) is 0.167. The van der Waals surface area contributed by atoms with Crippen LogP contribution in [0.1, 0.15) is 5.56 Å². The molecule has 1 aromatic heterocycles. The first-order chi connectivity index (χ1) is 8.24. The van der Waals surface area contributed by atoms with Crippen LogP contribution in [-0.4, -0.2) is 17.0 Å². The Morgan fingerprint density at radius 3 is 2.53 bits per heavy atom. The van der Waals surface area contributed by atoms with E-state index in [0.717, 1.165) is 17.1 Å². The summed E-state index contributed by atoms with van der Waals surface area (Å²) in [5, 5.41) is 0. The molecule has 5 heteroatoms. The molecular weight excluding hydrogens is 214 g/mol. The van der Waals surface area contributed by atoms with Crippen LogP contribution in [0.4, 0.5) is 17.3 Å². The van der Waals surface area contributed by atoms with E-state index >= 15 is 0 Å². The van der Waals surface area contributed by atoms with Gasteiger partial charge in [0.25, 0.3) is 0 Å². The van der Waals surface area contributed by atoms with Gasteiger partial charge < -0.3 is 10.3 Å². The van der Waals surface area contributed by atoms with Gasteiger partial charge in [0.05, 0.1) is 0 Å². The number of nitrogens with two attached hydrogens (primary N) is 1. The lowest BCUT2D eigenvalue weighted by Gasteiger charge is -2.20. The van der Waals surface area contributed by atoms with E-state index in [2.05, 4.69) is 15.4 Å². The van der Waals surface area contributed by atoms with Crippen molar-refractivity contribution < 1.29 is 0 Å². The second-order valence-electron chi connectivity index (χ2n) is 3.71. The number of hydrogen-bond donors (Lipinski definition) is 2. The SMILES string of the molecule is Cc1c(NN)ncnc1N(C)c1ccccc1. The summed E-state index contributed by atoms with van der Waals surface area (Å²) in [6.07, 6.45) is 1.50. The monoisotopic (exact) mass is 229 g/mol. The second kappa shape index (κ2) is 4.80. The first-order valence-corrected chi connectivity index (χ1v) is 5.31. The van der Waals surface area contributed by atoms with E-state index in [4.69, 9.17) is 5.84 Å². The number of nitrogens with zero attached hydrogens (tertiary/aromatic N) is 3.